The molecule has 1 heterocycles. The van der Waals surface area contributed by atoms with Gasteiger partial charge in [-0.25, -0.2) is 0 Å². The van der Waals surface area contributed by atoms with Crippen LogP contribution in [0.25, 0.3) is 0 Å². The second-order valence-electron chi connectivity index (χ2n) is 6.86. The summed E-state index contributed by atoms with van der Waals surface area (Å²) in [6.07, 6.45) is 6.56. The van der Waals surface area contributed by atoms with Gasteiger partial charge in [0, 0.05) is 31.3 Å². The Balaban J connectivity index is 1.56. The number of carbonyl (C=O) groups excluding carboxylic acids is 2. The maximum absolute atomic E-state index is 12.4. The minimum atomic E-state index is -0.257. The summed E-state index contributed by atoms with van der Waals surface area (Å²) in [6, 6.07) is 7.42. The highest BCUT2D eigenvalue weighted by Crippen LogP contribution is 2.28. The smallest absolute Gasteiger partial charge is 0.227 e. The van der Waals surface area contributed by atoms with Crippen molar-refractivity contribution < 1.29 is 14.3 Å². The van der Waals surface area contributed by atoms with E-state index >= 15 is 0 Å². The van der Waals surface area contributed by atoms with Gasteiger partial charge in [-0.15, -0.1) is 0 Å². The minimum Gasteiger partial charge on any atom is -0.497 e. The SMILES string of the molecule is COc1cccc(N2CC(C(=O)NCC3CCCCC3)CC2=O)c1. The topological polar surface area (TPSA) is 58.6 Å². The van der Waals surface area contributed by atoms with Gasteiger partial charge < -0.3 is 15.0 Å². The molecule has 1 atom stereocenters. The highest BCUT2D eigenvalue weighted by molar-refractivity contribution is 6.00. The Morgan fingerprint density at radius 3 is 2.83 bits per heavy atom. The molecule has 1 saturated heterocycles. The first-order chi connectivity index (χ1) is 11.7. The van der Waals surface area contributed by atoms with Gasteiger partial charge in [0.1, 0.15) is 5.75 Å². The van der Waals surface area contributed by atoms with E-state index in [-0.39, 0.29) is 24.2 Å². The number of nitrogens with zero attached hydrogens (tertiary/aromatic N) is 1. The van der Waals surface area contributed by atoms with E-state index in [0.29, 0.717) is 18.2 Å². The van der Waals surface area contributed by atoms with Gasteiger partial charge in [0.2, 0.25) is 11.8 Å². The Hall–Kier alpha value is -2.04. The van der Waals surface area contributed by atoms with E-state index in [9.17, 15) is 9.59 Å². The fourth-order valence-electron chi connectivity index (χ4n) is 3.69. The number of rotatable bonds is 5. The molecular formula is C19H26N2O3. The van der Waals surface area contributed by atoms with E-state index in [0.717, 1.165) is 12.2 Å². The number of hydrogen-bond donors (Lipinski definition) is 1. The summed E-state index contributed by atoms with van der Waals surface area (Å²) in [4.78, 5) is 26.4. The fraction of sp³-hybridized carbons (Fsp3) is 0.579. The molecule has 5 nitrogen and oxygen atoms in total. The van der Waals surface area contributed by atoms with Gasteiger partial charge >= 0.3 is 0 Å². The van der Waals surface area contributed by atoms with Crippen molar-refractivity contribution >= 4 is 17.5 Å². The first-order valence-corrected chi connectivity index (χ1v) is 8.89. The summed E-state index contributed by atoms with van der Waals surface area (Å²) < 4.78 is 5.21. The van der Waals surface area contributed by atoms with Crippen LogP contribution in [0.5, 0.6) is 5.75 Å². The standard InChI is InChI=1S/C19H26N2O3/c1-24-17-9-5-8-16(11-17)21-13-15(10-18(21)22)19(23)20-12-14-6-3-2-4-7-14/h5,8-9,11,14-15H,2-4,6-7,10,12-13H2,1H3,(H,20,23). The highest BCUT2D eigenvalue weighted by atomic mass is 16.5. The second-order valence-corrected chi connectivity index (χ2v) is 6.86. The maximum atomic E-state index is 12.4. The Morgan fingerprint density at radius 2 is 2.08 bits per heavy atom. The minimum absolute atomic E-state index is 0.000990. The van der Waals surface area contributed by atoms with E-state index in [1.165, 1.54) is 32.1 Å². The van der Waals surface area contributed by atoms with Crippen molar-refractivity contribution in [2.75, 3.05) is 25.1 Å². The number of anilines is 1. The third-order valence-corrected chi connectivity index (χ3v) is 5.15. The van der Waals surface area contributed by atoms with Crippen LogP contribution >= 0.6 is 0 Å². The molecule has 3 rings (SSSR count). The van der Waals surface area contributed by atoms with Crippen molar-refractivity contribution in [3.05, 3.63) is 24.3 Å². The number of amides is 2. The Kier molecular flexibility index (Phi) is 5.38. The lowest BCUT2D eigenvalue weighted by molar-refractivity contribution is -0.126. The Morgan fingerprint density at radius 1 is 1.29 bits per heavy atom. The van der Waals surface area contributed by atoms with Gasteiger partial charge in [0.15, 0.2) is 0 Å². The molecule has 1 aromatic carbocycles. The predicted octanol–water partition coefficient (Wildman–Crippen LogP) is 2.74. The quantitative estimate of drug-likeness (QED) is 0.903. The first-order valence-electron chi connectivity index (χ1n) is 8.89. The number of carbonyl (C=O) groups is 2. The molecule has 1 unspecified atom stereocenters. The molecule has 2 fully saturated rings. The van der Waals surface area contributed by atoms with Crippen LogP contribution < -0.4 is 15.0 Å². The van der Waals surface area contributed by atoms with Crippen molar-refractivity contribution in [1.29, 1.82) is 0 Å². The van der Waals surface area contributed by atoms with E-state index in [1.54, 1.807) is 12.0 Å². The third-order valence-electron chi connectivity index (χ3n) is 5.15. The molecule has 0 bridgehead atoms. The van der Waals surface area contributed by atoms with Crippen LogP contribution in [0.3, 0.4) is 0 Å². The molecule has 1 saturated carbocycles. The maximum Gasteiger partial charge on any atom is 0.227 e. The summed E-state index contributed by atoms with van der Waals surface area (Å²) in [5, 5.41) is 3.07. The normalized spacial score (nSPS) is 21.8. The van der Waals surface area contributed by atoms with E-state index < -0.39 is 0 Å². The van der Waals surface area contributed by atoms with Gasteiger partial charge in [-0.2, -0.15) is 0 Å². The molecule has 2 aliphatic rings. The molecule has 1 aromatic rings. The van der Waals surface area contributed by atoms with Crippen LogP contribution in [-0.4, -0.2) is 32.0 Å². The van der Waals surface area contributed by atoms with Gasteiger partial charge in [0.25, 0.3) is 0 Å². The van der Waals surface area contributed by atoms with Crippen LogP contribution in [0, 0.1) is 11.8 Å². The van der Waals surface area contributed by atoms with Gasteiger partial charge in [-0.1, -0.05) is 25.3 Å². The van der Waals surface area contributed by atoms with Crippen LogP contribution in [0.4, 0.5) is 5.69 Å². The fourth-order valence-corrected chi connectivity index (χ4v) is 3.69. The molecule has 1 aliphatic carbocycles. The first kappa shape index (κ1) is 16.8. The summed E-state index contributed by atoms with van der Waals surface area (Å²) in [6.45, 7) is 1.20. The number of benzene rings is 1. The van der Waals surface area contributed by atoms with Crippen LogP contribution in [0.1, 0.15) is 38.5 Å². The zero-order chi connectivity index (χ0) is 16.9. The van der Waals surface area contributed by atoms with E-state index in [1.807, 2.05) is 24.3 Å². The molecule has 130 valence electrons. The Labute approximate surface area is 143 Å². The second kappa shape index (κ2) is 7.69. The molecule has 5 heteroatoms. The third kappa shape index (κ3) is 3.89. The summed E-state index contributed by atoms with van der Waals surface area (Å²) in [5.41, 5.74) is 0.793. The van der Waals surface area contributed by atoms with Gasteiger partial charge in [0.05, 0.1) is 13.0 Å². The molecule has 0 radical (unpaired) electrons. The lowest BCUT2D eigenvalue weighted by Crippen LogP contribution is -2.36. The lowest BCUT2D eigenvalue weighted by Gasteiger charge is -2.22. The van der Waals surface area contributed by atoms with Crippen molar-refractivity contribution in [2.24, 2.45) is 11.8 Å². The molecular weight excluding hydrogens is 304 g/mol. The van der Waals surface area contributed by atoms with Crippen LogP contribution in [0.2, 0.25) is 0 Å². The van der Waals surface area contributed by atoms with Gasteiger partial charge in [-0.3, -0.25) is 9.59 Å². The monoisotopic (exact) mass is 330 g/mol. The van der Waals surface area contributed by atoms with E-state index in [2.05, 4.69) is 5.32 Å². The average Bonchev–Trinajstić information content (AvgIpc) is 3.02. The Bertz CT molecular complexity index is 596. The molecule has 1 aliphatic heterocycles. The molecule has 24 heavy (non-hydrogen) atoms. The van der Waals surface area contributed by atoms with E-state index in [4.69, 9.17) is 4.74 Å². The van der Waals surface area contributed by atoms with Crippen molar-refractivity contribution in [1.82, 2.24) is 5.32 Å². The zero-order valence-corrected chi connectivity index (χ0v) is 14.3. The largest absolute Gasteiger partial charge is 0.497 e. The van der Waals surface area contributed by atoms with Crippen LogP contribution in [0.15, 0.2) is 24.3 Å². The predicted molar refractivity (Wildman–Crippen MR) is 93.0 cm³/mol. The molecule has 0 aromatic heterocycles. The summed E-state index contributed by atoms with van der Waals surface area (Å²) >= 11 is 0. The average molecular weight is 330 g/mol. The summed E-state index contributed by atoms with van der Waals surface area (Å²) in [5.74, 6) is 1.08. The lowest BCUT2D eigenvalue weighted by atomic mass is 9.89. The zero-order valence-electron chi connectivity index (χ0n) is 14.3. The number of ether oxygens (including phenoxy) is 1. The van der Waals surface area contributed by atoms with Gasteiger partial charge in [-0.05, 0) is 30.9 Å². The summed E-state index contributed by atoms with van der Waals surface area (Å²) in [7, 11) is 1.60. The molecule has 1 N–H and O–H groups in total. The van der Waals surface area contributed by atoms with Crippen molar-refractivity contribution in [3.8, 4) is 5.75 Å². The van der Waals surface area contributed by atoms with Crippen molar-refractivity contribution in [2.45, 2.75) is 38.5 Å². The number of nitrogens with one attached hydrogen (secondary N) is 1. The highest BCUT2D eigenvalue weighted by Gasteiger charge is 2.35. The van der Waals surface area contributed by atoms with Crippen LogP contribution in [-0.2, 0) is 9.59 Å². The number of hydrogen-bond acceptors (Lipinski definition) is 3. The molecule has 2 amide bonds. The van der Waals surface area contributed by atoms with Crippen molar-refractivity contribution in [3.63, 3.8) is 0 Å². The molecule has 0 spiro atoms. The number of methoxy groups -OCH3 is 1.